The molecule has 1 aromatic carbocycles. The molecule has 110 valence electrons. The van der Waals surface area contributed by atoms with Crippen molar-refractivity contribution < 1.29 is 14.1 Å². The highest BCUT2D eigenvalue weighted by atomic mass is 79.9. The molecular weight excluding hydrogens is 345 g/mol. The van der Waals surface area contributed by atoms with Crippen molar-refractivity contribution >= 4 is 33.2 Å². The molecule has 0 fully saturated rings. The van der Waals surface area contributed by atoms with Gasteiger partial charge in [0.1, 0.15) is 11.5 Å². The molecule has 0 aliphatic carbocycles. The van der Waals surface area contributed by atoms with Gasteiger partial charge in [0.25, 0.3) is 11.6 Å². The summed E-state index contributed by atoms with van der Waals surface area (Å²) in [6, 6.07) is 5.34. The normalized spacial score (nSPS) is 10.4. The lowest BCUT2D eigenvalue weighted by Crippen LogP contribution is -2.16. The summed E-state index contributed by atoms with van der Waals surface area (Å²) in [4.78, 5) is 22.3. The SMILES string of the molecule is CCn1cc([N+](=O)[O-])cc1C(=O)Nc1ccc(Br)c(F)c1. The first-order valence-corrected chi connectivity index (χ1v) is 6.82. The molecule has 2 aromatic rings. The zero-order valence-electron chi connectivity index (χ0n) is 11.0. The van der Waals surface area contributed by atoms with Crippen LogP contribution in [0.15, 0.2) is 34.9 Å². The topological polar surface area (TPSA) is 77.2 Å². The van der Waals surface area contributed by atoms with E-state index in [0.717, 1.165) is 6.07 Å². The van der Waals surface area contributed by atoms with Gasteiger partial charge < -0.3 is 9.88 Å². The van der Waals surface area contributed by atoms with E-state index in [4.69, 9.17) is 0 Å². The van der Waals surface area contributed by atoms with Crippen molar-refractivity contribution in [1.82, 2.24) is 4.57 Å². The number of amides is 1. The van der Waals surface area contributed by atoms with Crippen molar-refractivity contribution in [3.05, 3.63) is 56.6 Å². The fraction of sp³-hybridized carbons (Fsp3) is 0.154. The van der Waals surface area contributed by atoms with Crippen molar-refractivity contribution in [1.29, 1.82) is 0 Å². The van der Waals surface area contributed by atoms with Crippen molar-refractivity contribution in [2.45, 2.75) is 13.5 Å². The van der Waals surface area contributed by atoms with Crippen LogP contribution < -0.4 is 5.32 Å². The van der Waals surface area contributed by atoms with E-state index in [9.17, 15) is 19.3 Å². The van der Waals surface area contributed by atoms with Gasteiger partial charge in [-0.15, -0.1) is 0 Å². The average Bonchev–Trinajstić information content (AvgIpc) is 2.87. The summed E-state index contributed by atoms with van der Waals surface area (Å²) < 4.78 is 15.1. The van der Waals surface area contributed by atoms with Gasteiger partial charge in [-0.3, -0.25) is 14.9 Å². The first-order chi connectivity index (χ1) is 9.92. The second-order valence-electron chi connectivity index (χ2n) is 4.21. The maximum absolute atomic E-state index is 13.4. The number of nitrogens with one attached hydrogen (secondary N) is 1. The maximum atomic E-state index is 13.4. The van der Waals surface area contributed by atoms with Crippen molar-refractivity contribution in [2.24, 2.45) is 0 Å². The lowest BCUT2D eigenvalue weighted by molar-refractivity contribution is -0.384. The van der Waals surface area contributed by atoms with Crippen LogP contribution in [0, 0.1) is 15.9 Å². The lowest BCUT2D eigenvalue weighted by atomic mass is 10.3. The predicted molar refractivity (Wildman–Crippen MR) is 78.8 cm³/mol. The minimum Gasteiger partial charge on any atom is -0.337 e. The summed E-state index contributed by atoms with van der Waals surface area (Å²) >= 11 is 3.02. The molecule has 0 spiro atoms. The molecule has 1 heterocycles. The van der Waals surface area contributed by atoms with Gasteiger partial charge in [0.15, 0.2) is 0 Å². The fourth-order valence-corrected chi connectivity index (χ4v) is 2.06. The third-order valence-corrected chi connectivity index (χ3v) is 3.49. The zero-order chi connectivity index (χ0) is 15.6. The Hall–Kier alpha value is -2.22. The lowest BCUT2D eigenvalue weighted by Gasteiger charge is -2.07. The Morgan fingerprint density at radius 1 is 1.48 bits per heavy atom. The standard InChI is InChI=1S/C13H11BrFN3O3/c1-2-17-7-9(18(20)21)6-12(17)13(19)16-8-3-4-10(14)11(15)5-8/h3-7H,2H2,1H3,(H,16,19). The third-order valence-electron chi connectivity index (χ3n) is 2.84. The predicted octanol–water partition coefficient (Wildman–Crippen LogP) is 3.57. The van der Waals surface area contributed by atoms with Gasteiger partial charge in [0.05, 0.1) is 15.6 Å². The first-order valence-electron chi connectivity index (χ1n) is 6.03. The number of nitro groups is 1. The molecule has 0 saturated heterocycles. The average molecular weight is 356 g/mol. The van der Waals surface area contributed by atoms with Crippen molar-refractivity contribution in [3.8, 4) is 0 Å². The summed E-state index contributed by atoms with van der Waals surface area (Å²) in [6.45, 7) is 2.17. The van der Waals surface area contributed by atoms with Gasteiger partial charge in [-0.05, 0) is 41.1 Å². The Balaban J connectivity index is 2.27. The smallest absolute Gasteiger partial charge is 0.287 e. The van der Waals surface area contributed by atoms with E-state index in [1.165, 1.54) is 29.0 Å². The minimum atomic E-state index is -0.567. The van der Waals surface area contributed by atoms with Crippen LogP contribution in [-0.2, 0) is 6.54 Å². The number of aryl methyl sites for hydroxylation is 1. The number of carbonyl (C=O) groups is 1. The van der Waals surface area contributed by atoms with Crippen molar-refractivity contribution in [3.63, 3.8) is 0 Å². The number of halogens is 2. The second-order valence-corrected chi connectivity index (χ2v) is 5.06. The van der Waals surface area contributed by atoms with Gasteiger partial charge in [-0.25, -0.2) is 4.39 Å². The largest absolute Gasteiger partial charge is 0.337 e. The molecule has 6 nitrogen and oxygen atoms in total. The Kier molecular flexibility index (Phi) is 4.37. The number of anilines is 1. The number of carbonyl (C=O) groups excluding carboxylic acids is 1. The van der Waals surface area contributed by atoms with E-state index >= 15 is 0 Å². The molecular formula is C13H11BrFN3O3. The monoisotopic (exact) mass is 355 g/mol. The summed E-state index contributed by atoms with van der Waals surface area (Å²) in [7, 11) is 0. The molecule has 0 atom stereocenters. The third kappa shape index (κ3) is 3.27. The van der Waals surface area contributed by atoms with E-state index in [0.29, 0.717) is 6.54 Å². The summed E-state index contributed by atoms with van der Waals surface area (Å²) in [5, 5.41) is 13.3. The molecule has 1 aromatic heterocycles. The van der Waals surface area contributed by atoms with Crippen LogP contribution in [0.5, 0.6) is 0 Å². The fourth-order valence-electron chi connectivity index (χ4n) is 1.82. The Morgan fingerprint density at radius 3 is 2.76 bits per heavy atom. The molecule has 0 aliphatic rings. The number of aromatic nitrogens is 1. The highest BCUT2D eigenvalue weighted by Crippen LogP contribution is 2.21. The van der Waals surface area contributed by atoms with Crippen molar-refractivity contribution in [2.75, 3.05) is 5.32 Å². The molecule has 0 aliphatic heterocycles. The van der Waals surface area contributed by atoms with E-state index in [-0.39, 0.29) is 21.5 Å². The number of benzene rings is 1. The van der Waals surface area contributed by atoms with E-state index in [2.05, 4.69) is 21.2 Å². The second kappa shape index (κ2) is 6.04. The highest BCUT2D eigenvalue weighted by molar-refractivity contribution is 9.10. The highest BCUT2D eigenvalue weighted by Gasteiger charge is 2.19. The van der Waals surface area contributed by atoms with E-state index in [1.807, 2.05) is 0 Å². The summed E-state index contributed by atoms with van der Waals surface area (Å²) in [5.74, 6) is -1.05. The van der Waals surface area contributed by atoms with Crippen LogP contribution in [0.2, 0.25) is 0 Å². The van der Waals surface area contributed by atoms with Crippen LogP contribution in [0.1, 0.15) is 17.4 Å². The molecule has 8 heteroatoms. The Morgan fingerprint density at radius 2 is 2.19 bits per heavy atom. The van der Waals surface area contributed by atoms with Crippen LogP contribution >= 0.6 is 15.9 Å². The zero-order valence-corrected chi connectivity index (χ0v) is 12.6. The Bertz CT molecular complexity index is 715. The molecule has 0 bridgehead atoms. The van der Waals surface area contributed by atoms with Gasteiger partial charge in [-0.1, -0.05) is 0 Å². The quantitative estimate of drug-likeness (QED) is 0.672. The summed E-state index contributed by atoms with van der Waals surface area (Å²) in [6.07, 6.45) is 1.29. The molecule has 1 amide bonds. The summed E-state index contributed by atoms with van der Waals surface area (Å²) in [5.41, 5.74) is 0.253. The van der Waals surface area contributed by atoms with Gasteiger partial charge >= 0.3 is 0 Å². The number of rotatable bonds is 4. The number of hydrogen-bond donors (Lipinski definition) is 1. The molecule has 0 unspecified atom stereocenters. The van der Waals surface area contributed by atoms with Crippen LogP contribution in [0.3, 0.4) is 0 Å². The van der Waals surface area contributed by atoms with Gasteiger partial charge in [0.2, 0.25) is 0 Å². The molecule has 1 N–H and O–H groups in total. The van der Waals surface area contributed by atoms with Crippen LogP contribution in [0.25, 0.3) is 0 Å². The molecule has 2 rings (SSSR count). The number of nitrogens with zero attached hydrogens (tertiary/aromatic N) is 2. The Labute approximate surface area is 127 Å². The van der Waals surface area contributed by atoms with Crippen LogP contribution in [-0.4, -0.2) is 15.4 Å². The van der Waals surface area contributed by atoms with E-state index in [1.54, 1.807) is 6.92 Å². The van der Waals surface area contributed by atoms with E-state index < -0.39 is 16.6 Å². The van der Waals surface area contributed by atoms with Crippen LogP contribution in [0.4, 0.5) is 15.8 Å². The van der Waals surface area contributed by atoms with Gasteiger partial charge in [0, 0.05) is 18.3 Å². The minimum absolute atomic E-state index is 0.146. The molecule has 21 heavy (non-hydrogen) atoms. The van der Waals surface area contributed by atoms with Gasteiger partial charge in [-0.2, -0.15) is 0 Å². The first kappa shape index (κ1) is 15.2. The number of hydrogen-bond acceptors (Lipinski definition) is 3. The maximum Gasteiger partial charge on any atom is 0.287 e. The molecule has 0 saturated carbocycles. The molecule has 0 radical (unpaired) electrons.